The maximum Gasteiger partial charge on any atom is 0.311 e. The first kappa shape index (κ1) is 28.7. The van der Waals surface area contributed by atoms with Crippen LogP contribution in [-0.2, 0) is 19.1 Å². The molecular formula is C28H35BrN2O6S. The molecule has 3 aliphatic rings. The molecule has 10 heteroatoms. The average molecular weight is 608 g/mol. The number of nitrogens with zero attached hydrogens (tertiary/aromatic N) is 2. The molecule has 2 amide bonds. The molecule has 2 bridgehead atoms. The van der Waals surface area contributed by atoms with E-state index >= 15 is 0 Å². The van der Waals surface area contributed by atoms with Gasteiger partial charge in [0, 0.05) is 35.5 Å². The number of amides is 2. The molecule has 0 aliphatic carbocycles. The van der Waals surface area contributed by atoms with Crippen molar-refractivity contribution < 1.29 is 29.0 Å². The van der Waals surface area contributed by atoms with Crippen LogP contribution in [0.15, 0.2) is 49.6 Å². The molecule has 3 heterocycles. The summed E-state index contributed by atoms with van der Waals surface area (Å²) in [5, 5.41) is 9.07. The smallest absolute Gasteiger partial charge is 0.311 e. The second kappa shape index (κ2) is 12.3. The third-order valence-corrected chi connectivity index (χ3v) is 10.9. The van der Waals surface area contributed by atoms with Crippen LogP contribution in [0.5, 0.6) is 5.75 Å². The number of fused-ring (bicyclic) bond motifs is 1. The molecule has 0 radical (unpaired) electrons. The molecule has 3 saturated heterocycles. The van der Waals surface area contributed by atoms with Crippen LogP contribution in [0, 0.1) is 11.8 Å². The van der Waals surface area contributed by atoms with Crippen LogP contribution >= 0.6 is 27.7 Å². The van der Waals surface area contributed by atoms with Gasteiger partial charge >= 0.3 is 5.97 Å². The zero-order chi connectivity index (χ0) is 27.4. The lowest BCUT2D eigenvalue weighted by atomic mass is 9.71. The molecule has 0 aromatic heterocycles. The van der Waals surface area contributed by atoms with E-state index in [-0.39, 0.29) is 41.6 Å². The second-order valence-electron chi connectivity index (χ2n) is 9.83. The number of carbonyl (C=O) groups excluding carboxylic acids is 3. The molecule has 3 fully saturated rings. The van der Waals surface area contributed by atoms with Gasteiger partial charge in [-0.05, 0) is 49.9 Å². The van der Waals surface area contributed by atoms with Gasteiger partial charge in [0.2, 0.25) is 5.91 Å². The molecule has 6 atom stereocenters. The number of ether oxygens (including phenoxy) is 2. The Balaban J connectivity index is 1.73. The number of aliphatic hydroxyl groups is 1. The zero-order valence-electron chi connectivity index (χ0n) is 21.6. The maximum atomic E-state index is 14.5. The van der Waals surface area contributed by atoms with Gasteiger partial charge in [-0.25, -0.2) is 0 Å². The first-order chi connectivity index (χ1) is 18.3. The van der Waals surface area contributed by atoms with Gasteiger partial charge in [0.1, 0.15) is 18.4 Å². The average Bonchev–Trinajstić information content (AvgIpc) is 3.51. The highest BCUT2D eigenvalue weighted by Crippen LogP contribution is 2.68. The van der Waals surface area contributed by atoms with E-state index < -0.39 is 28.6 Å². The van der Waals surface area contributed by atoms with Gasteiger partial charge in [-0.3, -0.25) is 14.4 Å². The van der Waals surface area contributed by atoms with E-state index in [4.69, 9.17) is 9.47 Å². The minimum absolute atomic E-state index is 0.0312. The van der Waals surface area contributed by atoms with Crippen LogP contribution < -0.4 is 9.64 Å². The molecule has 0 saturated carbocycles. The standard InChI is InChI=1S/C28H35BrN2O6S/c1-4-13-30(18-9-11-19(36-3)12-10-18)26(34)24-28-17-20(29)23(38-28)21(27(35)37-16-5-2)22(28)25(33)31(24)14-7-6-8-15-32/h4-5,9-12,20-24,32H,1-2,6-8,13-17H2,3H3/t20?,21-,22-,23-,24?,28?/m0/s1. The number of likely N-dealkylation sites (tertiary alicyclic amines) is 1. The fourth-order valence-corrected chi connectivity index (χ4v) is 9.68. The van der Waals surface area contributed by atoms with Crippen molar-refractivity contribution in [3.63, 3.8) is 0 Å². The summed E-state index contributed by atoms with van der Waals surface area (Å²) in [6.45, 7) is 8.28. The molecule has 8 nitrogen and oxygen atoms in total. The van der Waals surface area contributed by atoms with Gasteiger partial charge in [0.05, 0.1) is 23.7 Å². The summed E-state index contributed by atoms with van der Waals surface area (Å²) in [4.78, 5) is 45.0. The Kier molecular flexibility index (Phi) is 9.26. The predicted molar refractivity (Wildman–Crippen MR) is 152 cm³/mol. The van der Waals surface area contributed by atoms with Crippen LogP contribution in [0.4, 0.5) is 5.69 Å². The van der Waals surface area contributed by atoms with E-state index in [1.165, 1.54) is 6.08 Å². The number of carbonyl (C=O) groups is 3. The topological polar surface area (TPSA) is 96.4 Å². The molecule has 3 aliphatic heterocycles. The number of benzene rings is 1. The summed E-state index contributed by atoms with van der Waals surface area (Å²) in [6, 6.07) is 6.48. The van der Waals surface area contributed by atoms with Crippen LogP contribution in [0.25, 0.3) is 0 Å². The molecule has 1 aromatic rings. The monoisotopic (exact) mass is 606 g/mol. The Morgan fingerprint density at radius 2 is 1.97 bits per heavy atom. The van der Waals surface area contributed by atoms with Gasteiger partial charge < -0.3 is 24.4 Å². The lowest BCUT2D eigenvalue weighted by Crippen LogP contribution is -2.55. The number of unbranched alkanes of at least 4 members (excludes halogenated alkanes) is 2. The number of aliphatic hydroxyl groups excluding tert-OH is 1. The molecule has 38 heavy (non-hydrogen) atoms. The molecule has 3 unspecified atom stereocenters. The van der Waals surface area contributed by atoms with Gasteiger partial charge in [0.25, 0.3) is 5.91 Å². The fourth-order valence-electron chi connectivity index (χ4n) is 6.09. The number of thioether (sulfide) groups is 1. The molecule has 1 aromatic carbocycles. The number of anilines is 1. The number of hydrogen-bond acceptors (Lipinski definition) is 7. The van der Waals surface area contributed by atoms with E-state index in [1.807, 2.05) is 12.1 Å². The van der Waals surface area contributed by atoms with Crippen molar-refractivity contribution in [2.24, 2.45) is 11.8 Å². The summed E-state index contributed by atoms with van der Waals surface area (Å²) in [5.74, 6) is -1.39. The lowest BCUT2D eigenvalue weighted by Gasteiger charge is -2.37. The maximum absolute atomic E-state index is 14.5. The largest absolute Gasteiger partial charge is 0.497 e. The van der Waals surface area contributed by atoms with Crippen molar-refractivity contribution in [1.29, 1.82) is 0 Å². The van der Waals surface area contributed by atoms with Gasteiger partial charge in [-0.2, -0.15) is 0 Å². The van der Waals surface area contributed by atoms with Crippen molar-refractivity contribution in [3.8, 4) is 5.75 Å². The van der Waals surface area contributed by atoms with Crippen molar-refractivity contribution in [3.05, 3.63) is 49.6 Å². The van der Waals surface area contributed by atoms with E-state index in [0.717, 1.165) is 6.42 Å². The molecule has 1 spiro atoms. The molecule has 1 N–H and O–H groups in total. The number of methoxy groups -OCH3 is 1. The number of rotatable bonds is 13. The third kappa shape index (κ3) is 5.02. The first-order valence-corrected chi connectivity index (χ1v) is 14.7. The highest BCUT2D eigenvalue weighted by Gasteiger charge is 2.76. The van der Waals surface area contributed by atoms with Crippen molar-refractivity contribution in [2.75, 3.05) is 38.3 Å². The summed E-state index contributed by atoms with van der Waals surface area (Å²) >= 11 is 5.34. The summed E-state index contributed by atoms with van der Waals surface area (Å²) in [6.07, 6.45) is 5.79. The summed E-state index contributed by atoms with van der Waals surface area (Å²) < 4.78 is 9.97. The van der Waals surface area contributed by atoms with E-state index in [2.05, 4.69) is 29.1 Å². The van der Waals surface area contributed by atoms with E-state index in [1.54, 1.807) is 46.9 Å². The van der Waals surface area contributed by atoms with Crippen LogP contribution in [0.1, 0.15) is 25.7 Å². The summed E-state index contributed by atoms with van der Waals surface area (Å²) in [5.41, 5.74) is 0.679. The Morgan fingerprint density at radius 3 is 2.61 bits per heavy atom. The quantitative estimate of drug-likeness (QED) is 0.159. The first-order valence-electron chi connectivity index (χ1n) is 12.9. The van der Waals surface area contributed by atoms with Crippen LogP contribution in [-0.4, -0.2) is 82.1 Å². The number of halogens is 1. The van der Waals surface area contributed by atoms with Crippen molar-refractivity contribution in [1.82, 2.24) is 4.90 Å². The van der Waals surface area contributed by atoms with Gasteiger partial charge in [0.15, 0.2) is 0 Å². The normalized spacial score (nSPS) is 29.2. The minimum atomic E-state index is -0.756. The fraction of sp³-hybridized carbons (Fsp3) is 0.536. The second-order valence-corrected chi connectivity index (χ2v) is 12.5. The van der Waals surface area contributed by atoms with Gasteiger partial charge in [-0.15, -0.1) is 18.3 Å². The Hall–Kier alpha value is -2.30. The number of alkyl halides is 1. The predicted octanol–water partition coefficient (Wildman–Crippen LogP) is 3.57. The Labute approximate surface area is 236 Å². The number of hydrogen-bond donors (Lipinski definition) is 1. The molecule has 206 valence electrons. The number of esters is 1. The third-order valence-electron chi connectivity index (χ3n) is 7.66. The van der Waals surface area contributed by atoms with Gasteiger partial charge in [-0.1, -0.05) is 34.7 Å². The van der Waals surface area contributed by atoms with E-state index in [9.17, 15) is 19.5 Å². The molecular weight excluding hydrogens is 572 g/mol. The minimum Gasteiger partial charge on any atom is -0.497 e. The summed E-state index contributed by atoms with van der Waals surface area (Å²) in [7, 11) is 1.58. The highest BCUT2D eigenvalue weighted by atomic mass is 79.9. The van der Waals surface area contributed by atoms with Crippen molar-refractivity contribution in [2.45, 2.75) is 46.5 Å². The lowest BCUT2D eigenvalue weighted by molar-refractivity contribution is -0.153. The Morgan fingerprint density at radius 1 is 1.24 bits per heavy atom. The SMILES string of the molecule is C=CCOC(=O)[C@H]1[C@H]2C(=O)N(CCCCCO)C(C(=O)N(CC=C)c3ccc(OC)cc3)C23CC(Br)[C@@H]1S3. The van der Waals surface area contributed by atoms with E-state index in [0.29, 0.717) is 37.2 Å². The highest BCUT2D eigenvalue weighted by molar-refractivity contribution is 9.09. The van der Waals surface area contributed by atoms with Crippen LogP contribution in [0.3, 0.4) is 0 Å². The van der Waals surface area contributed by atoms with Crippen LogP contribution in [0.2, 0.25) is 0 Å². The van der Waals surface area contributed by atoms with Crippen molar-refractivity contribution >= 4 is 51.2 Å². The zero-order valence-corrected chi connectivity index (χ0v) is 24.0. The molecule has 4 rings (SSSR count). The Bertz CT molecular complexity index is 1070.